The third-order valence-corrected chi connectivity index (χ3v) is 14.7. The number of hydrogen-bond donors (Lipinski definition) is 1. The molecule has 0 radical (unpaired) electrons. The number of allylic oxidation sites excluding steroid dienone is 2. The van der Waals surface area contributed by atoms with Gasteiger partial charge in [0.25, 0.3) is 5.88 Å². The van der Waals surface area contributed by atoms with E-state index in [1.807, 2.05) is 86.7 Å². The molecule has 4 aliphatic rings. The highest BCUT2D eigenvalue weighted by molar-refractivity contribution is 7.90. The molecule has 2 aliphatic carbocycles. The lowest BCUT2D eigenvalue weighted by Crippen LogP contribution is -2.46. The molecule has 2 saturated carbocycles. The van der Waals surface area contributed by atoms with Crippen LogP contribution in [-0.2, 0) is 30.8 Å². The van der Waals surface area contributed by atoms with Crippen LogP contribution in [0.5, 0.6) is 11.6 Å². The van der Waals surface area contributed by atoms with Gasteiger partial charge in [0.2, 0.25) is 27.4 Å². The number of nitrogens with zero attached hydrogens (tertiary/aromatic N) is 4. The summed E-state index contributed by atoms with van der Waals surface area (Å²) in [4.78, 5) is 55.3. The predicted octanol–water partition coefficient (Wildman–Crippen LogP) is 8.00. The molecule has 326 valence electrons. The van der Waals surface area contributed by atoms with Crippen molar-refractivity contribution >= 4 is 49.7 Å². The second-order valence-corrected chi connectivity index (χ2v) is 19.8. The summed E-state index contributed by atoms with van der Waals surface area (Å²) in [6, 6.07) is 23.4. The fourth-order valence-electron chi connectivity index (χ4n) is 9.21. The highest BCUT2D eigenvalue weighted by atomic mass is 32.2. The third kappa shape index (κ3) is 8.93. The van der Waals surface area contributed by atoms with E-state index in [-0.39, 0.29) is 49.0 Å². The molecule has 1 saturated heterocycles. The summed E-state index contributed by atoms with van der Waals surface area (Å²) in [6.45, 7) is 3.99. The average Bonchev–Trinajstić information content (AvgIpc) is 4.17. The van der Waals surface area contributed by atoms with E-state index < -0.39 is 44.7 Å². The Morgan fingerprint density at radius 2 is 1.78 bits per heavy atom. The second kappa shape index (κ2) is 17.2. The van der Waals surface area contributed by atoms with E-state index in [4.69, 9.17) is 23.9 Å². The monoisotopic (exact) mass is 869 g/mol. The largest absolute Gasteiger partial charge is 0.491 e. The van der Waals surface area contributed by atoms with Crippen LogP contribution in [0.4, 0.5) is 0 Å². The van der Waals surface area contributed by atoms with Gasteiger partial charge in [-0.05, 0) is 119 Å². The minimum absolute atomic E-state index is 0.0000849. The quantitative estimate of drug-likeness (QED) is 0.134. The van der Waals surface area contributed by atoms with Gasteiger partial charge < -0.3 is 18.8 Å². The van der Waals surface area contributed by atoms with Crippen LogP contribution < -0.4 is 14.2 Å². The molecular weight excluding hydrogens is 819 g/mol. The number of hydrogen-bond acceptors (Lipinski definition) is 11. The number of benzene rings is 3. The zero-order valence-electron chi connectivity index (χ0n) is 35.5. The number of ether oxygens (including phenoxy) is 2. The van der Waals surface area contributed by atoms with E-state index in [0.29, 0.717) is 65.9 Å². The number of rotatable bonds is 10. The molecule has 0 spiro atoms. The summed E-state index contributed by atoms with van der Waals surface area (Å²) < 4.78 is 47.3. The molecule has 9 rings (SSSR count). The summed E-state index contributed by atoms with van der Waals surface area (Å²) >= 11 is 0. The van der Waals surface area contributed by atoms with Crippen LogP contribution in [-0.4, -0.2) is 70.9 Å². The topological polar surface area (TPSA) is 182 Å². The van der Waals surface area contributed by atoms with Gasteiger partial charge in [0, 0.05) is 29.7 Å². The van der Waals surface area contributed by atoms with E-state index >= 15 is 4.79 Å². The molecule has 0 bridgehead atoms. The van der Waals surface area contributed by atoms with Crippen molar-refractivity contribution in [2.45, 2.75) is 108 Å². The smallest absolute Gasteiger partial charge is 0.262 e. The van der Waals surface area contributed by atoms with Gasteiger partial charge in [-0.3, -0.25) is 19.1 Å². The van der Waals surface area contributed by atoms with Crippen LogP contribution in [0.1, 0.15) is 89.2 Å². The first-order chi connectivity index (χ1) is 30.4. The van der Waals surface area contributed by atoms with Crippen molar-refractivity contribution in [2.24, 2.45) is 17.3 Å². The Morgan fingerprint density at radius 3 is 2.52 bits per heavy atom. The number of sulfonamides is 1. The molecule has 1 N–H and O–H groups in total. The van der Waals surface area contributed by atoms with Crippen LogP contribution in [0.3, 0.4) is 0 Å². The van der Waals surface area contributed by atoms with Crippen molar-refractivity contribution in [2.75, 3.05) is 6.54 Å². The molecule has 13 nitrogen and oxygen atoms in total. The Kier molecular flexibility index (Phi) is 11.6. The van der Waals surface area contributed by atoms with Gasteiger partial charge in [-0.2, -0.15) is 10.2 Å². The third-order valence-electron chi connectivity index (χ3n) is 12.8. The zero-order chi connectivity index (χ0) is 43.9. The lowest BCUT2D eigenvalue weighted by molar-refractivity contribution is -0.142. The summed E-state index contributed by atoms with van der Waals surface area (Å²) in [5.74, 6) is -0.690. The number of furan rings is 1. The summed E-state index contributed by atoms with van der Waals surface area (Å²) in [5, 5.41) is 9.59. The number of carbonyl (C=O) groups excluding carboxylic acids is 3. The van der Waals surface area contributed by atoms with Crippen LogP contribution in [0.2, 0.25) is 0 Å². The first-order valence-corrected chi connectivity index (χ1v) is 23.6. The average molecular weight is 870 g/mol. The highest BCUT2D eigenvalue weighted by Gasteiger charge is 2.61. The molecule has 3 aromatic carbocycles. The lowest BCUT2D eigenvalue weighted by atomic mass is 9.90. The molecule has 2 aliphatic heterocycles. The molecule has 0 unspecified atom stereocenters. The van der Waals surface area contributed by atoms with Gasteiger partial charge in [0.1, 0.15) is 23.0 Å². The lowest BCUT2D eigenvalue weighted by Gasteiger charge is -2.29. The van der Waals surface area contributed by atoms with Crippen molar-refractivity contribution in [3.63, 3.8) is 0 Å². The normalized spacial score (nSPS) is 24.8. The van der Waals surface area contributed by atoms with Crippen LogP contribution in [0.25, 0.3) is 33.5 Å². The van der Waals surface area contributed by atoms with Crippen LogP contribution >= 0.6 is 0 Å². The van der Waals surface area contributed by atoms with Gasteiger partial charge in [0.15, 0.2) is 11.6 Å². The predicted molar refractivity (Wildman–Crippen MR) is 236 cm³/mol. The van der Waals surface area contributed by atoms with Crippen molar-refractivity contribution in [3.05, 3.63) is 96.1 Å². The highest BCUT2D eigenvalue weighted by Crippen LogP contribution is 2.57. The maximum absolute atomic E-state index is 15.0. The molecular formula is C49H51N5O8S. The summed E-state index contributed by atoms with van der Waals surface area (Å²) in [7, 11) is -3.86. The SMILES string of the molecule is CC(C)Oc1ccc(-c2nc(O[C@@H]3C[C@H]4C(=O)C[C@]5(C(=O)NS(=O)(=O)C6CC6)C[C@H]5/C=C\CCCCC[C@H](Cc5ccc(C#N)cc5)C(=O)N4C3)c3oc4ccccc4c3n2)cc1. The number of nitrogens with one attached hydrogen (secondary N) is 1. The number of carbonyl (C=O) groups is 3. The van der Waals surface area contributed by atoms with Gasteiger partial charge in [0.05, 0.1) is 41.0 Å². The first kappa shape index (κ1) is 42.2. The Bertz CT molecular complexity index is 2740. The standard InChI is InChI=1S/C49H51N5O8S/c1-30(2)60-36-20-18-33(19-21-36)45-51-43-39-12-8-9-13-42(39)62-44(43)46(52-45)61-37-25-40-41(55)27-49(48(57)53-63(58,59)38-22-23-38)26-35(49)11-7-5-3-4-6-10-34(47(56)54(40)29-37)24-31-14-16-32(28-50)17-15-31/h7-9,11-21,30,34-35,37-38,40H,3-6,10,22-27,29H2,1-2H3,(H,53,57)/b11-7-/t34-,35-,37-,40+,49-/m1/s1. The van der Waals surface area contributed by atoms with Crippen molar-refractivity contribution in [1.29, 1.82) is 5.26 Å². The Labute approximate surface area is 366 Å². The van der Waals surface area contributed by atoms with Gasteiger partial charge in [-0.25, -0.2) is 13.4 Å². The van der Waals surface area contributed by atoms with Gasteiger partial charge in [-0.1, -0.05) is 49.3 Å². The van der Waals surface area contributed by atoms with Crippen molar-refractivity contribution in [1.82, 2.24) is 19.6 Å². The number of amides is 2. The van der Waals surface area contributed by atoms with E-state index in [0.717, 1.165) is 42.2 Å². The minimum atomic E-state index is -3.86. The maximum atomic E-state index is 15.0. The first-order valence-electron chi connectivity index (χ1n) is 22.1. The van der Waals surface area contributed by atoms with E-state index in [2.05, 4.69) is 10.8 Å². The maximum Gasteiger partial charge on any atom is 0.262 e. The fourth-order valence-corrected chi connectivity index (χ4v) is 10.6. The number of nitriles is 1. The van der Waals surface area contributed by atoms with E-state index in [1.54, 1.807) is 17.0 Å². The Hall–Kier alpha value is -6.07. The number of Topliss-reactive ketones (excluding diaryl/α,β-unsaturated/α-hetero) is 1. The van der Waals surface area contributed by atoms with Gasteiger partial charge in [-0.15, -0.1) is 0 Å². The van der Waals surface area contributed by atoms with Crippen molar-refractivity contribution in [3.8, 4) is 29.1 Å². The molecule has 5 aromatic rings. The number of para-hydroxylation sites is 1. The number of ketones is 1. The Morgan fingerprint density at radius 1 is 1.00 bits per heavy atom. The molecule has 2 amide bonds. The second-order valence-electron chi connectivity index (χ2n) is 17.9. The van der Waals surface area contributed by atoms with Crippen LogP contribution in [0.15, 0.2) is 89.4 Å². The molecule has 4 heterocycles. The van der Waals surface area contributed by atoms with E-state index in [1.165, 1.54) is 0 Å². The summed E-state index contributed by atoms with van der Waals surface area (Å²) in [5.41, 5.74) is 2.39. The Balaban J connectivity index is 1.07. The minimum Gasteiger partial charge on any atom is -0.491 e. The number of aromatic nitrogens is 2. The molecule has 63 heavy (non-hydrogen) atoms. The van der Waals surface area contributed by atoms with E-state index in [9.17, 15) is 23.3 Å². The molecule has 2 aromatic heterocycles. The summed E-state index contributed by atoms with van der Waals surface area (Å²) in [6.07, 6.45) is 8.84. The zero-order valence-corrected chi connectivity index (χ0v) is 36.3. The molecule has 5 atom stereocenters. The molecule has 14 heteroatoms. The molecule has 3 fully saturated rings. The number of fused-ring (bicyclic) bond motifs is 5. The van der Waals surface area contributed by atoms with Gasteiger partial charge >= 0.3 is 0 Å². The fraction of sp³-hybridized carbons (Fsp3) is 0.429. The van der Waals surface area contributed by atoms with Crippen molar-refractivity contribution < 1.29 is 36.7 Å². The van der Waals surface area contributed by atoms with Crippen LogP contribution in [0, 0.1) is 28.6 Å².